The van der Waals surface area contributed by atoms with E-state index in [1.165, 1.54) is 0 Å². The third-order valence-electron chi connectivity index (χ3n) is 3.78. The lowest BCUT2D eigenvalue weighted by atomic mass is 10.0. The first-order chi connectivity index (χ1) is 9.18. The van der Waals surface area contributed by atoms with Crippen LogP contribution in [0.2, 0.25) is 0 Å². The van der Waals surface area contributed by atoms with Crippen molar-refractivity contribution in [2.45, 2.75) is 25.4 Å². The van der Waals surface area contributed by atoms with Crippen molar-refractivity contribution in [3.05, 3.63) is 30.5 Å². The number of nitrogens with two attached hydrogens (primary N) is 1. The predicted molar refractivity (Wildman–Crippen MR) is 78.2 cm³/mol. The Hall–Kier alpha value is -1.81. The number of pyridine rings is 1. The molecule has 100 valence electrons. The number of nitrogen functional groups attached to an aromatic ring is 1. The number of nitrogens with one attached hydrogen (secondary N) is 1. The van der Waals surface area contributed by atoms with Crippen LogP contribution in [-0.2, 0) is 4.74 Å². The summed E-state index contributed by atoms with van der Waals surface area (Å²) in [5.74, 6) is 0. The van der Waals surface area contributed by atoms with Crippen LogP contribution in [0.5, 0.6) is 0 Å². The molecule has 3 rings (SSSR count). The molecule has 1 fully saturated rings. The van der Waals surface area contributed by atoms with Gasteiger partial charge in [0.2, 0.25) is 0 Å². The molecule has 1 atom stereocenters. The number of fused-ring (bicyclic) bond motifs is 1. The van der Waals surface area contributed by atoms with Crippen molar-refractivity contribution in [2.24, 2.45) is 0 Å². The minimum absolute atomic E-state index is 0.0731. The molecule has 0 radical (unpaired) electrons. The van der Waals surface area contributed by atoms with E-state index in [9.17, 15) is 0 Å². The van der Waals surface area contributed by atoms with E-state index < -0.39 is 0 Å². The maximum Gasteiger partial charge on any atom is 0.0826 e. The van der Waals surface area contributed by atoms with Gasteiger partial charge in [-0.3, -0.25) is 4.98 Å². The van der Waals surface area contributed by atoms with Crippen LogP contribution in [0.1, 0.15) is 19.8 Å². The Morgan fingerprint density at radius 3 is 3.11 bits per heavy atom. The number of anilines is 2. The summed E-state index contributed by atoms with van der Waals surface area (Å²) in [4.78, 5) is 4.30. The summed E-state index contributed by atoms with van der Waals surface area (Å²) in [7, 11) is 0. The molecule has 1 aromatic carbocycles. The highest BCUT2D eigenvalue weighted by molar-refractivity contribution is 5.96. The lowest BCUT2D eigenvalue weighted by Crippen LogP contribution is -2.32. The van der Waals surface area contributed by atoms with Gasteiger partial charge in [0, 0.05) is 24.7 Å². The van der Waals surface area contributed by atoms with Gasteiger partial charge < -0.3 is 15.8 Å². The van der Waals surface area contributed by atoms with E-state index >= 15 is 0 Å². The summed E-state index contributed by atoms with van der Waals surface area (Å²) in [6.45, 7) is 3.78. The summed E-state index contributed by atoms with van der Waals surface area (Å²) in [5.41, 5.74) is 8.77. The van der Waals surface area contributed by atoms with Crippen LogP contribution in [0, 0.1) is 0 Å². The lowest BCUT2D eigenvalue weighted by molar-refractivity contribution is 0.0315. The van der Waals surface area contributed by atoms with Crippen LogP contribution in [0.3, 0.4) is 0 Å². The molecule has 4 nitrogen and oxygen atoms in total. The molecule has 0 bridgehead atoms. The molecule has 2 heterocycles. The van der Waals surface area contributed by atoms with Crippen molar-refractivity contribution in [1.29, 1.82) is 0 Å². The Bertz CT molecular complexity index is 591. The highest BCUT2D eigenvalue weighted by Crippen LogP contribution is 2.30. The summed E-state index contributed by atoms with van der Waals surface area (Å²) in [6.07, 6.45) is 4.01. The van der Waals surface area contributed by atoms with Crippen LogP contribution in [-0.4, -0.2) is 23.7 Å². The molecule has 2 aromatic rings. The van der Waals surface area contributed by atoms with Gasteiger partial charge in [-0.25, -0.2) is 0 Å². The number of benzene rings is 1. The number of nitrogens with zero attached hydrogens (tertiary/aromatic N) is 1. The maximum atomic E-state index is 6.20. The molecular weight excluding hydrogens is 238 g/mol. The molecule has 1 aromatic heterocycles. The van der Waals surface area contributed by atoms with Gasteiger partial charge in [0.1, 0.15) is 0 Å². The number of hydrogen-bond acceptors (Lipinski definition) is 4. The second kappa shape index (κ2) is 4.70. The molecule has 0 amide bonds. The highest BCUT2D eigenvalue weighted by atomic mass is 16.5. The summed E-state index contributed by atoms with van der Waals surface area (Å²) in [6, 6.07) is 7.88. The van der Waals surface area contributed by atoms with Crippen LogP contribution >= 0.6 is 0 Å². The molecule has 1 saturated heterocycles. The van der Waals surface area contributed by atoms with E-state index in [2.05, 4.69) is 17.2 Å². The van der Waals surface area contributed by atoms with E-state index in [4.69, 9.17) is 10.5 Å². The molecule has 1 unspecified atom stereocenters. The molecule has 4 heteroatoms. The average molecular weight is 257 g/mol. The predicted octanol–water partition coefficient (Wildman–Crippen LogP) is 2.80. The fourth-order valence-electron chi connectivity index (χ4n) is 2.59. The second-order valence-corrected chi connectivity index (χ2v) is 5.35. The van der Waals surface area contributed by atoms with Gasteiger partial charge in [0.25, 0.3) is 0 Å². The zero-order valence-electron chi connectivity index (χ0n) is 11.1. The minimum Gasteiger partial charge on any atom is -0.397 e. The monoisotopic (exact) mass is 257 g/mol. The maximum absolute atomic E-state index is 6.20. The van der Waals surface area contributed by atoms with Gasteiger partial charge in [-0.2, -0.15) is 0 Å². The van der Waals surface area contributed by atoms with Crippen molar-refractivity contribution in [3.8, 4) is 0 Å². The number of hydrogen-bond donors (Lipinski definition) is 2. The van der Waals surface area contributed by atoms with E-state index in [1.807, 2.05) is 24.3 Å². The summed E-state index contributed by atoms with van der Waals surface area (Å²) < 4.78 is 5.77. The lowest BCUT2D eigenvalue weighted by Gasteiger charge is -2.24. The number of aromatic nitrogens is 1. The fourth-order valence-corrected chi connectivity index (χ4v) is 2.59. The first kappa shape index (κ1) is 12.2. The Balaban J connectivity index is 1.83. The Morgan fingerprint density at radius 2 is 2.32 bits per heavy atom. The van der Waals surface area contributed by atoms with E-state index in [0.29, 0.717) is 0 Å². The van der Waals surface area contributed by atoms with Crippen LogP contribution in [0.15, 0.2) is 30.5 Å². The molecule has 0 saturated carbocycles. The Morgan fingerprint density at radius 1 is 1.42 bits per heavy atom. The topological polar surface area (TPSA) is 60.2 Å². The quantitative estimate of drug-likeness (QED) is 0.830. The van der Waals surface area contributed by atoms with Gasteiger partial charge >= 0.3 is 0 Å². The van der Waals surface area contributed by atoms with E-state index in [-0.39, 0.29) is 5.60 Å². The Kier molecular flexibility index (Phi) is 3.03. The third-order valence-corrected chi connectivity index (χ3v) is 3.78. The molecule has 0 aliphatic carbocycles. The third kappa shape index (κ3) is 2.36. The van der Waals surface area contributed by atoms with Gasteiger partial charge in [-0.05, 0) is 44.0 Å². The normalized spacial score (nSPS) is 22.8. The van der Waals surface area contributed by atoms with Crippen molar-refractivity contribution in [1.82, 2.24) is 4.98 Å². The molecular formula is C15H19N3O. The van der Waals surface area contributed by atoms with Crippen molar-refractivity contribution in [2.75, 3.05) is 24.2 Å². The zero-order valence-corrected chi connectivity index (χ0v) is 11.1. The largest absolute Gasteiger partial charge is 0.397 e. The molecule has 3 N–H and O–H groups in total. The van der Waals surface area contributed by atoms with E-state index in [1.54, 1.807) is 6.20 Å². The molecule has 0 spiro atoms. The molecule has 1 aliphatic rings. The first-order valence-corrected chi connectivity index (χ1v) is 6.69. The SMILES string of the molecule is CC1(CNc2ccc3ncccc3c2N)CCCO1. The van der Waals surface area contributed by atoms with Crippen molar-refractivity contribution < 1.29 is 4.74 Å². The van der Waals surface area contributed by atoms with Gasteiger partial charge in [0.15, 0.2) is 0 Å². The van der Waals surface area contributed by atoms with Gasteiger partial charge in [-0.1, -0.05) is 0 Å². The standard InChI is InChI=1S/C15H19N3O/c1-15(7-3-9-19-15)10-18-13-6-5-12-11(14(13)16)4-2-8-17-12/h2,4-6,8,18H,3,7,9-10,16H2,1H3. The Labute approximate surface area is 113 Å². The minimum atomic E-state index is -0.0731. The first-order valence-electron chi connectivity index (χ1n) is 6.69. The summed E-state index contributed by atoms with van der Waals surface area (Å²) >= 11 is 0. The molecule has 19 heavy (non-hydrogen) atoms. The zero-order chi connectivity index (χ0) is 13.3. The van der Waals surface area contributed by atoms with Crippen LogP contribution < -0.4 is 11.1 Å². The number of rotatable bonds is 3. The van der Waals surface area contributed by atoms with Crippen LogP contribution in [0.25, 0.3) is 10.9 Å². The molecule has 1 aliphatic heterocycles. The number of ether oxygens (including phenoxy) is 1. The highest BCUT2D eigenvalue weighted by Gasteiger charge is 2.29. The van der Waals surface area contributed by atoms with Crippen molar-refractivity contribution in [3.63, 3.8) is 0 Å². The van der Waals surface area contributed by atoms with Crippen LogP contribution in [0.4, 0.5) is 11.4 Å². The second-order valence-electron chi connectivity index (χ2n) is 5.35. The van der Waals surface area contributed by atoms with Gasteiger partial charge in [0.05, 0.1) is 22.5 Å². The summed E-state index contributed by atoms with van der Waals surface area (Å²) in [5, 5.41) is 4.40. The fraction of sp³-hybridized carbons (Fsp3) is 0.400. The smallest absolute Gasteiger partial charge is 0.0826 e. The van der Waals surface area contributed by atoms with Crippen molar-refractivity contribution >= 4 is 22.3 Å². The van der Waals surface area contributed by atoms with E-state index in [0.717, 1.165) is 48.3 Å². The average Bonchev–Trinajstić information content (AvgIpc) is 2.86. The van der Waals surface area contributed by atoms with Gasteiger partial charge in [-0.15, -0.1) is 0 Å².